The van der Waals surface area contributed by atoms with Crippen LogP contribution < -0.4 is 4.74 Å². The Morgan fingerprint density at radius 3 is 2.81 bits per heavy atom. The molecule has 5 nitrogen and oxygen atoms in total. The van der Waals surface area contributed by atoms with E-state index in [9.17, 15) is 13.5 Å². The third kappa shape index (κ3) is 3.39. The van der Waals surface area contributed by atoms with Crippen molar-refractivity contribution in [3.05, 3.63) is 23.8 Å². The van der Waals surface area contributed by atoms with Crippen molar-refractivity contribution < 1.29 is 18.3 Å². The molecule has 6 heteroatoms. The number of rotatable bonds is 5. The second-order valence-corrected chi connectivity index (χ2v) is 7.35. The van der Waals surface area contributed by atoms with Gasteiger partial charge in [0.25, 0.3) is 0 Å². The van der Waals surface area contributed by atoms with Gasteiger partial charge in [0.15, 0.2) is 0 Å². The number of sulfonamides is 1. The highest BCUT2D eigenvalue weighted by molar-refractivity contribution is 7.89. The minimum absolute atomic E-state index is 0.226. The van der Waals surface area contributed by atoms with Gasteiger partial charge in [0.05, 0.1) is 18.6 Å². The quantitative estimate of drug-likeness (QED) is 0.903. The van der Waals surface area contributed by atoms with E-state index in [0.717, 1.165) is 19.3 Å². The van der Waals surface area contributed by atoms with Gasteiger partial charge >= 0.3 is 0 Å². The molecule has 1 aliphatic heterocycles. The third-order valence-corrected chi connectivity index (χ3v) is 5.98. The molecule has 118 valence electrons. The number of piperidine rings is 1. The van der Waals surface area contributed by atoms with Crippen molar-refractivity contribution in [1.29, 1.82) is 0 Å². The lowest BCUT2D eigenvalue weighted by Gasteiger charge is -2.31. The van der Waals surface area contributed by atoms with E-state index in [0.29, 0.717) is 30.3 Å². The van der Waals surface area contributed by atoms with Crippen LogP contribution >= 0.6 is 0 Å². The van der Waals surface area contributed by atoms with Crippen molar-refractivity contribution in [3.8, 4) is 5.75 Å². The summed E-state index contributed by atoms with van der Waals surface area (Å²) in [7, 11) is -2.00. The normalized spacial score (nSPS) is 20.4. The molecule has 0 radical (unpaired) electrons. The zero-order valence-corrected chi connectivity index (χ0v) is 13.4. The molecular weight excluding hydrogens is 290 g/mol. The Hall–Kier alpha value is -1.11. The average molecular weight is 313 g/mol. The topological polar surface area (TPSA) is 66.8 Å². The number of hydrogen-bond acceptors (Lipinski definition) is 4. The Morgan fingerprint density at radius 1 is 1.43 bits per heavy atom. The largest absolute Gasteiger partial charge is 0.496 e. The molecular formula is C15H23NO4S. The highest BCUT2D eigenvalue weighted by Crippen LogP contribution is 2.28. The van der Waals surface area contributed by atoms with Gasteiger partial charge in [0.1, 0.15) is 5.75 Å². The molecule has 1 aromatic rings. The van der Waals surface area contributed by atoms with Crippen LogP contribution in [0.2, 0.25) is 0 Å². The summed E-state index contributed by atoms with van der Waals surface area (Å²) < 4.78 is 32.1. The Bertz CT molecular complexity index is 585. The fourth-order valence-electron chi connectivity index (χ4n) is 2.77. The fraction of sp³-hybridized carbons (Fsp3) is 0.600. The molecule has 0 aliphatic carbocycles. The van der Waals surface area contributed by atoms with E-state index in [-0.39, 0.29) is 11.5 Å². The summed E-state index contributed by atoms with van der Waals surface area (Å²) in [5.41, 5.74) is 0.489. The summed E-state index contributed by atoms with van der Waals surface area (Å²) in [5, 5.41) is 9.34. The predicted octanol–water partition coefficient (Wildman–Crippen LogP) is 2.00. The van der Waals surface area contributed by atoms with Gasteiger partial charge in [-0.2, -0.15) is 4.31 Å². The maximum absolute atomic E-state index is 12.7. The minimum Gasteiger partial charge on any atom is -0.496 e. The SMILES string of the molecule is CCC1CCCN(S(=O)(=O)c2ccc(OC)c(CO)c2)C1. The summed E-state index contributed by atoms with van der Waals surface area (Å²) in [6.45, 7) is 3.00. The lowest BCUT2D eigenvalue weighted by Crippen LogP contribution is -2.39. The van der Waals surface area contributed by atoms with Crippen LogP contribution in [0.1, 0.15) is 31.7 Å². The van der Waals surface area contributed by atoms with E-state index in [1.807, 2.05) is 0 Å². The smallest absolute Gasteiger partial charge is 0.243 e. The maximum Gasteiger partial charge on any atom is 0.243 e. The monoisotopic (exact) mass is 313 g/mol. The van der Waals surface area contributed by atoms with Crippen molar-refractivity contribution in [2.75, 3.05) is 20.2 Å². The first kappa shape index (κ1) is 16.3. The van der Waals surface area contributed by atoms with Gasteiger partial charge in [0.2, 0.25) is 10.0 Å². The number of methoxy groups -OCH3 is 1. The second-order valence-electron chi connectivity index (χ2n) is 5.41. The van der Waals surface area contributed by atoms with Crippen molar-refractivity contribution >= 4 is 10.0 Å². The number of ether oxygens (including phenoxy) is 1. The van der Waals surface area contributed by atoms with E-state index in [4.69, 9.17) is 4.74 Å². The Balaban J connectivity index is 2.30. The number of nitrogens with zero attached hydrogens (tertiary/aromatic N) is 1. The number of aliphatic hydroxyl groups excluding tert-OH is 1. The predicted molar refractivity (Wildman–Crippen MR) is 80.7 cm³/mol. The maximum atomic E-state index is 12.7. The number of benzene rings is 1. The molecule has 1 fully saturated rings. The van der Waals surface area contributed by atoms with Crippen LogP contribution in [0.4, 0.5) is 0 Å². The van der Waals surface area contributed by atoms with E-state index in [1.165, 1.54) is 13.2 Å². The molecule has 0 bridgehead atoms. The first-order valence-corrected chi connectivity index (χ1v) is 8.74. The zero-order valence-electron chi connectivity index (χ0n) is 12.6. The fourth-order valence-corrected chi connectivity index (χ4v) is 4.37. The van der Waals surface area contributed by atoms with Crippen molar-refractivity contribution in [1.82, 2.24) is 4.31 Å². The van der Waals surface area contributed by atoms with Crippen LogP contribution in [-0.2, 0) is 16.6 Å². The first-order valence-electron chi connectivity index (χ1n) is 7.30. The Morgan fingerprint density at radius 2 is 2.19 bits per heavy atom. The van der Waals surface area contributed by atoms with Crippen LogP contribution in [0.15, 0.2) is 23.1 Å². The summed E-state index contributed by atoms with van der Waals surface area (Å²) in [6.07, 6.45) is 2.99. The van der Waals surface area contributed by atoms with Gasteiger partial charge in [-0.1, -0.05) is 13.3 Å². The summed E-state index contributed by atoms with van der Waals surface area (Å²) in [6, 6.07) is 4.65. The first-order chi connectivity index (χ1) is 10.0. The standard InChI is InChI=1S/C15H23NO4S/c1-3-12-5-4-8-16(10-12)21(18,19)14-6-7-15(20-2)13(9-14)11-17/h6-7,9,12,17H,3-5,8,10-11H2,1-2H3. The summed E-state index contributed by atoms with van der Waals surface area (Å²) in [4.78, 5) is 0.226. The number of hydrogen-bond donors (Lipinski definition) is 1. The van der Waals surface area contributed by atoms with Crippen LogP contribution in [0, 0.1) is 5.92 Å². The molecule has 1 heterocycles. The summed E-state index contributed by atoms with van der Waals surface area (Å²) >= 11 is 0. The molecule has 1 saturated heterocycles. The van der Waals surface area contributed by atoms with Crippen LogP contribution in [0.5, 0.6) is 5.75 Å². The van der Waals surface area contributed by atoms with Gasteiger partial charge in [-0.15, -0.1) is 0 Å². The van der Waals surface area contributed by atoms with Crippen molar-refractivity contribution in [3.63, 3.8) is 0 Å². The molecule has 1 aromatic carbocycles. The lowest BCUT2D eigenvalue weighted by atomic mass is 9.97. The molecule has 0 spiro atoms. The van der Waals surface area contributed by atoms with E-state index >= 15 is 0 Å². The van der Waals surface area contributed by atoms with Gasteiger partial charge < -0.3 is 9.84 Å². The Kier molecular flexibility index (Phi) is 5.24. The van der Waals surface area contributed by atoms with Crippen LogP contribution in [0.25, 0.3) is 0 Å². The van der Waals surface area contributed by atoms with Crippen molar-refractivity contribution in [2.24, 2.45) is 5.92 Å². The molecule has 1 unspecified atom stereocenters. The number of aliphatic hydroxyl groups is 1. The van der Waals surface area contributed by atoms with Gasteiger partial charge in [0, 0.05) is 18.7 Å². The highest BCUT2D eigenvalue weighted by atomic mass is 32.2. The minimum atomic E-state index is -3.50. The molecule has 1 N–H and O–H groups in total. The second kappa shape index (κ2) is 6.77. The molecule has 2 rings (SSSR count). The molecule has 0 saturated carbocycles. The van der Waals surface area contributed by atoms with Gasteiger partial charge in [-0.25, -0.2) is 8.42 Å². The van der Waals surface area contributed by atoms with E-state index < -0.39 is 10.0 Å². The van der Waals surface area contributed by atoms with Crippen LogP contribution in [0.3, 0.4) is 0 Å². The average Bonchev–Trinajstić information content (AvgIpc) is 2.54. The van der Waals surface area contributed by atoms with Gasteiger partial charge in [-0.3, -0.25) is 0 Å². The zero-order chi connectivity index (χ0) is 15.5. The van der Waals surface area contributed by atoms with Gasteiger partial charge in [-0.05, 0) is 37.0 Å². The molecule has 0 aromatic heterocycles. The Labute approximate surface area is 126 Å². The van der Waals surface area contributed by atoms with Crippen LogP contribution in [-0.4, -0.2) is 38.0 Å². The van der Waals surface area contributed by atoms with Crippen molar-refractivity contribution in [2.45, 2.75) is 37.7 Å². The third-order valence-electron chi connectivity index (χ3n) is 4.12. The van der Waals surface area contributed by atoms with E-state index in [1.54, 1.807) is 16.4 Å². The highest BCUT2D eigenvalue weighted by Gasteiger charge is 2.30. The summed E-state index contributed by atoms with van der Waals surface area (Å²) in [5.74, 6) is 0.936. The molecule has 1 aliphatic rings. The molecule has 21 heavy (non-hydrogen) atoms. The molecule has 0 amide bonds. The van der Waals surface area contributed by atoms with E-state index in [2.05, 4.69) is 6.92 Å². The lowest BCUT2D eigenvalue weighted by molar-refractivity contribution is 0.261. The molecule has 1 atom stereocenters.